The number of nitrogens with zero attached hydrogens (tertiary/aromatic N) is 1. The molecule has 1 rings (SSSR count). The molecular formula is C13H20N2O4. The predicted molar refractivity (Wildman–Crippen MR) is 72.5 cm³/mol. The lowest BCUT2D eigenvalue weighted by molar-refractivity contribution is -0.386. The largest absolute Gasteiger partial charge is 0.484 e. The van der Waals surface area contributed by atoms with Gasteiger partial charge in [-0.05, 0) is 25.1 Å². The van der Waals surface area contributed by atoms with Gasteiger partial charge in [-0.15, -0.1) is 0 Å². The first-order valence-corrected chi connectivity index (χ1v) is 6.37. The number of ether oxygens (including phenoxy) is 2. The van der Waals surface area contributed by atoms with E-state index >= 15 is 0 Å². The van der Waals surface area contributed by atoms with Gasteiger partial charge in [-0.25, -0.2) is 0 Å². The summed E-state index contributed by atoms with van der Waals surface area (Å²) in [6.07, 6.45) is 0. The summed E-state index contributed by atoms with van der Waals surface area (Å²) in [7, 11) is 0. The molecule has 0 aliphatic carbocycles. The highest BCUT2D eigenvalue weighted by Crippen LogP contribution is 2.27. The lowest BCUT2D eigenvalue weighted by Crippen LogP contribution is -2.12. The molecule has 19 heavy (non-hydrogen) atoms. The van der Waals surface area contributed by atoms with Crippen LogP contribution in [0.25, 0.3) is 0 Å². The van der Waals surface area contributed by atoms with Gasteiger partial charge in [0.05, 0.1) is 11.5 Å². The molecule has 6 heteroatoms. The minimum atomic E-state index is -0.425. The molecule has 0 radical (unpaired) electrons. The first-order chi connectivity index (χ1) is 9.19. The fraction of sp³-hybridized carbons (Fsp3) is 0.538. The molecule has 0 fully saturated rings. The summed E-state index contributed by atoms with van der Waals surface area (Å²) >= 11 is 0. The molecular weight excluding hydrogens is 248 g/mol. The second kappa shape index (κ2) is 8.44. The molecule has 0 aromatic heterocycles. The smallest absolute Gasteiger partial charge is 0.311 e. The highest BCUT2D eigenvalue weighted by atomic mass is 16.6. The first kappa shape index (κ1) is 15.4. The second-order valence-corrected chi connectivity index (χ2v) is 3.88. The maximum Gasteiger partial charge on any atom is 0.311 e. The lowest BCUT2D eigenvalue weighted by atomic mass is 10.2. The van der Waals surface area contributed by atoms with E-state index in [0.29, 0.717) is 26.4 Å². The van der Waals surface area contributed by atoms with Crippen LogP contribution in [-0.2, 0) is 11.3 Å². The number of benzene rings is 1. The average Bonchev–Trinajstić information content (AvgIpc) is 2.41. The standard InChI is InChI=1S/C13H20N2O4/c1-3-14-10-11-5-6-13(12(9-11)15(16)17)19-8-7-18-4-2/h5-6,9,14H,3-4,7-8,10H2,1-2H3. The predicted octanol–water partition coefficient (Wildman–Crippen LogP) is 2.12. The maximum absolute atomic E-state index is 11.0. The fourth-order valence-corrected chi connectivity index (χ4v) is 1.56. The van der Waals surface area contributed by atoms with E-state index in [-0.39, 0.29) is 11.4 Å². The minimum absolute atomic E-state index is 0.00750. The van der Waals surface area contributed by atoms with E-state index in [1.54, 1.807) is 12.1 Å². The fourth-order valence-electron chi connectivity index (χ4n) is 1.56. The van der Waals surface area contributed by atoms with Crippen molar-refractivity contribution in [1.82, 2.24) is 5.32 Å². The molecule has 1 N–H and O–H groups in total. The molecule has 0 atom stereocenters. The van der Waals surface area contributed by atoms with Crippen LogP contribution in [0, 0.1) is 10.1 Å². The number of rotatable bonds is 9. The van der Waals surface area contributed by atoms with Crippen LogP contribution in [0.5, 0.6) is 5.75 Å². The van der Waals surface area contributed by atoms with Crippen LogP contribution >= 0.6 is 0 Å². The number of nitrogens with one attached hydrogen (secondary N) is 1. The molecule has 6 nitrogen and oxygen atoms in total. The quantitative estimate of drug-likeness (QED) is 0.422. The third-order valence-corrected chi connectivity index (χ3v) is 2.49. The van der Waals surface area contributed by atoms with Gasteiger partial charge in [0, 0.05) is 19.2 Å². The molecule has 0 aliphatic heterocycles. The second-order valence-electron chi connectivity index (χ2n) is 3.88. The van der Waals surface area contributed by atoms with Crippen molar-refractivity contribution in [3.63, 3.8) is 0 Å². The molecule has 0 saturated heterocycles. The van der Waals surface area contributed by atoms with Crippen molar-refractivity contribution in [2.75, 3.05) is 26.4 Å². The van der Waals surface area contributed by atoms with Gasteiger partial charge >= 0.3 is 5.69 Å². The number of nitro benzene ring substituents is 1. The zero-order valence-corrected chi connectivity index (χ0v) is 11.3. The Hall–Kier alpha value is -1.66. The van der Waals surface area contributed by atoms with Crippen LogP contribution in [0.3, 0.4) is 0 Å². The van der Waals surface area contributed by atoms with Crippen molar-refractivity contribution < 1.29 is 14.4 Å². The zero-order chi connectivity index (χ0) is 14.1. The topological polar surface area (TPSA) is 73.6 Å². The molecule has 1 aromatic rings. The van der Waals surface area contributed by atoms with Gasteiger partial charge < -0.3 is 14.8 Å². The Bertz CT molecular complexity index is 410. The van der Waals surface area contributed by atoms with Crippen molar-refractivity contribution in [2.45, 2.75) is 20.4 Å². The maximum atomic E-state index is 11.0. The Morgan fingerprint density at radius 1 is 1.32 bits per heavy atom. The highest BCUT2D eigenvalue weighted by Gasteiger charge is 2.15. The molecule has 0 saturated carbocycles. The molecule has 0 aliphatic rings. The normalized spacial score (nSPS) is 10.4. The van der Waals surface area contributed by atoms with Crippen molar-refractivity contribution in [2.24, 2.45) is 0 Å². The number of hydrogen-bond acceptors (Lipinski definition) is 5. The summed E-state index contributed by atoms with van der Waals surface area (Å²) in [6.45, 7) is 6.63. The molecule has 0 heterocycles. The van der Waals surface area contributed by atoms with Gasteiger partial charge in [0.1, 0.15) is 6.61 Å². The van der Waals surface area contributed by atoms with E-state index in [9.17, 15) is 10.1 Å². The molecule has 1 aromatic carbocycles. The van der Waals surface area contributed by atoms with Gasteiger partial charge in [-0.1, -0.05) is 13.0 Å². The van der Waals surface area contributed by atoms with Gasteiger partial charge in [-0.2, -0.15) is 0 Å². The van der Waals surface area contributed by atoms with Crippen LogP contribution in [0.2, 0.25) is 0 Å². The molecule has 0 spiro atoms. The van der Waals surface area contributed by atoms with Crippen LogP contribution in [0.4, 0.5) is 5.69 Å². The minimum Gasteiger partial charge on any atom is -0.484 e. The Kier molecular flexibility index (Phi) is 6.84. The number of nitro groups is 1. The lowest BCUT2D eigenvalue weighted by Gasteiger charge is -2.08. The van der Waals surface area contributed by atoms with Gasteiger partial charge in [0.25, 0.3) is 0 Å². The summed E-state index contributed by atoms with van der Waals surface area (Å²) in [5.74, 6) is 0.282. The monoisotopic (exact) mass is 268 g/mol. The summed E-state index contributed by atoms with van der Waals surface area (Å²) in [6, 6.07) is 5.00. The van der Waals surface area contributed by atoms with Crippen LogP contribution in [0.1, 0.15) is 19.4 Å². The van der Waals surface area contributed by atoms with E-state index in [4.69, 9.17) is 9.47 Å². The van der Waals surface area contributed by atoms with E-state index in [0.717, 1.165) is 12.1 Å². The van der Waals surface area contributed by atoms with E-state index in [2.05, 4.69) is 5.32 Å². The van der Waals surface area contributed by atoms with E-state index in [1.165, 1.54) is 0 Å². The number of hydrogen-bond donors (Lipinski definition) is 1. The summed E-state index contributed by atoms with van der Waals surface area (Å²) in [5, 5.41) is 14.1. The first-order valence-electron chi connectivity index (χ1n) is 6.37. The third kappa shape index (κ3) is 5.23. The Labute approximate surface area is 112 Å². The van der Waals surface area contributed by atoms with Gasteiger partial charge in [0.15, 0.2) is 5.75 Å². The van der Waals surface area contributed by atoms with Gasteiger partial charge in [-0.3, -0.25) is 10.1 Å². The Morgan fingerprint density at radius 2 is 2.11 bits per heavy atom. The van der Waals surface area contributed by atoms with E-state index < -0.39 is 4.92 Å². The molecule has 0 bridgehead atoms. The Morgan fingerprint density at radius 3 is 2.74 bits per heavy atom. The van der Waals surface area contributed by atoms with Crippen LogP contribution in [-0.4, -0.2) is 31.3 Å². The zero-order valence-electron chi connectivity index (χ0n) is 11.3. The molecule has 0 amide bonds. The highest BCUT2D eigenvalue weighted by molar-refractivity contribution is 5.48. The van der Waals surface area contributed by atoms with Crippen molar-refractivity contribution in [3.8, 4) is 5.75 Å². The van der Waals surface area contributed by atoms with E-state index in [1.807, 2.05) is 19.9 Å². The van der Waals surface area contributed by atoms with Crippen LogP contribution in [0.15, 0.2) is 18.2 Å². The summed E-state index contributed by atoms with van der Waals surface area (Å²) in [5.41, 5.74) is 0.859. The van der Waals surface area contributed by atoms with Crippen molar-refractivity contribution in [3.05, 3.63) is 33.9 Å². The summed E-state index contributed by atoms with van der Waals surface area (Å²) < 4.78 is 10.5. The summed E-state index contributed by atoms with van der Waals surface area (Å²) in [4.78, 5) is 10.6. The molecule has 106 valence electrons. The average molecular weight is 268 g/mol. The Balaban J connectivity index is 2.71. The van der Waals surface area contributed by atoms with Gasteiger partial charge in [0.2, 0.25) is 0 Å². The van der Waals surface area contributed by atoms with Crippen LogP contribution < -0.4 is 10.1 Å². The van der Waals surface area contributed by atoms with Crippen molar-refractivity contribution in [1.29, 1.82) is 0 Å². The SMILES string of the molecule is CCNCc1ccc(OCCOCC)c([N+](=O)[O-])c1. The molecule has 0 unspecified atom stereocenters. The third-order valence-electron chi connectivity index (χ3n) is 2.49. The van der Waals surface area contributed by atoms with Crippen molar-refractivity contribution >= 4 is 5.69 Å².